The maximum Gasteiger partial charge on any atom is 0.168 e. The first kappa shape index (κ1) is 17.9. The van der Waals surface area contributed by atoms with Crippen LogP contribution in [0.1, 0.15) is 16.8 Å². The third kappa shape index (κ3) is 4.39. The number of aromatic nitrogens is 2. The molecule has 0 saturated heterocycles. The van der Waals surface area contributed by atoms with E-state index >= 15 is 0 Å². The summed E-state index contributed by atoms with van der Waals surface area (Å²) in [6, 6.07) is 10.7. The van der Waals surface area contributed by atoms with Gasteiger partial charge in [0.1, 0.15) is 11.6 Å². The minimum Gasteiger partial charge on any atom is -0.390 e. The monoisotopic (exact) mass is 380 g/mol. The largest absolute Gasteiger partial charge is 0.390 e. The van der Waals surface area contributed by atoms with E-state index < -0.39 is 0 Å². The second kappa shape index (κ2) is 7.99. The van der Waals surface area contributed by atoms with Crippen LogP contribution in [0.25, 0.3) is 0 Å². The molecule has 0 radical (unpaired) electrons. The number of nitrogens with zero attached hydrogens (tertiary/aromatic N) is 2. The molecule has 0 spiro atoms. The van der Waals surface area contributed by atoms with Crippen molar-refractivity contribution < 1.29 is 13.9 Å². The summed E-state index contributed by atoms with van der Waals surface area (Å²) in [5, 5.41) is 10.3. The molecule has 0 amide bonds. The Hall–Kier alpha value is -1.89. The van der Waals surface area contributed by atoms with Crippen LogP contribution in [0, 0.1) is 11.6 Å². The first-order valence-electron chi connectivity index (χ1n) is 7.54. The fraction of sp³-hybridized carbons (Fsp3) is 0.167. The second-order valence-electron chi connectivity index (χ2n) is 5.42. The van der Waals surface area contributed by atoms with Gasteiger partial charge >= 0.3 is 0 Å². The Labute approximate surface area is 153 Å². The third-order valence-corrected chi connectivity index (χ3v) is 5.00. The van der Waals surface area contributed by atoms with Crippen LogP contribution < -0.4 is 0 Å². The van der Waals surface area contributed by atoms with Crippen molar-refractivity contribution in [2.45, 2.75) is 24.1 Å². The molecule has 0 aliphatic carbocycles. The molecule has 3 rings (SSSR count). The lowest BCUT2D eigenvalue weighted by atomic mass is 10.2. The van der Waals surface area contributed by atoms with Gasteiger partial charge < -0.3 is 9.67 Å². The number of benzene rings is 2. The van der Waals surface area contributed by atoms with Crippen molar-refractivity contribution in [2.24, 2.45) is 0 Å². The van der Waals surface area contributed by atoms with Crippen LogP contribution in [0.4, 0.5) is 8.78 Å². The minimum absolute atomic E-state index is 0.190. The van der Waals surface area contributed by atoms with Gasteiger partial charge in [-0.25, -0.2) is 13.8 Å². The Morgan fingerprint density at radius 2 is 1.88 bits per heavy atom. The van der Waals surface area contributed by atoms with Crippen LogP contribution >= 0.6 is 23.4 Å². The van der Waals surface area contributed by atoms with Gasteiger partial charge in [-0.05, 0) is 29.8 Å². The average molecular weight is 381 g/mol. The molecule has 0 atom stereocenters. The molecule has 0 aliphatic heterocycles. The van der Waals surface area contributed by atoms with Gasteiger partial charge in [0.2, 0.25) is 0 Å². The van der Waals surface area contributed by atoms with Crippen LogP contribution in [0.5, 0.6) is 0 Å². The van der Waals surface area contributed by atoms with E-state index in [4.69, 9.17) is 11.6 Å². The van der Waals surface area contributed by atoms with Crippen LogP contribution in [0.3, 0.4) is 0 Å². The SMILES string of the molecule is OCc1cn(Cc2ccc(F)cc2)c(SCc2c(F)cccc2Cl)n1. The summed E-state index contributed by atoms with van der Waals surface area (Å²) in [6.07, 6.45) is 1.73. The summed E-state index contributed by atoms with van der Waals surface area (Å²) in [6.45, 7) is 0.283. The number of imidazole rings is 1. The third-order valence-electron chi connectivity index (χ3n) is 3.63. The molecule has 0 aliphatic rings. The number of halogens is 3. The highest BCUT2D eigenvalue weighted by atomic mass is 35.5. The highest BCUT2D eigenvalue weighted by molar-refractivity contribution is 7.98. The van der Waals surface area contributed by atoms with E-state index in [0.29, 0.717) is 33.7 Å². The van der Waals surface area contributed by atoms with Gasteiger partial charge in [-0.1, -0.05) is 41.6 Å². The van der Waals surface area contributed by atoms with Crippen molar-refractivity contribution >= 4 is 23.4 Å². The van der Waals surface area contributed by atoms with Crippen molar-refractivity contribution in [2.75, 3.05) is 0 Å². The molecule has 0 bridgehead atoms. The maximum absolute atomic E-state index is 13.9. The predicted octanol–water partition coefficient (Wildman–Crippen LogP) is 4.65. The summed E-state index contributed by atoms with van der Waals surface area (Å²) < 4.78 is 28.8. The molecule has 0 saturated carbocycles. The van der Waals surface area contributed by atoms with E-state index in [1.807, 2.05) is 4.57 Å². The summed E-state index contributed by atoms with van der Waals surface area (Å²) in [5.41, 5.74) is 1.83. The average Bonchev–Trinajstić information content (AvgIpc) is 2.98. The van der Waals surface area contributed by atoms with Gasteiger partial charge in [-0.3, -0.25) is 0 Å². The van der Waals surface area contributed by atoms with Gasteiger partial charge in [0.15, 0.2) is 5.16 Å². The summed E-state index contributed by atoms with van der Waals surface area (Å²) in [5.74, 6) is -0.343. The summed E-state index contributed by atoms with van der Waals surface area (Å²) >= 11 is 7.39. The second-order valence-corrected chi connectivity index (χ2v) is 6.77. The van der Waals surface area contributed by atoms with Crippen molar-refractivity contribution in [3.8, 4) is 0 Å². The first-order valence-corrected chi connectivity index (χ1v) is 8.90. The Morgan fingerprint density at radius 3 is 2.56 bits per heavy atom. The van der Waals surface area contributed by atoms with Crippen molar-refractivity contribution in [3.05, 3.63) is 82.1 Å². The molecular weight excluding hydrogens is 366 g/mol. The van der Waals surface area contributed by atoms with E-state index in [-0.39, 0.29) is 18.2 Å². The lowest BCUT2D eigenvalue weighted by Crippen LogP contribution is -2.01. The molecule has 1 heterocycles. The Kier molecular flexibility index (Phi) is 5.73. The number of aliphatic hydroxyl groups is 1. The fourth-order valence-corrected chi connectivity index (χ4v) is 3.69. The van der Waals surface area contributed by atoms with Crippen LogP contribution in [-0.2, 0) is 18.9 Å². The Balaban J connectivity index is 1.81. The van der Waals surface area contributed by atoms with Crippen molar-refractivity contribution in [1.82, 2.24) is 9.55 Å². The van der Waals surface area contributed by atoms with E-state index in [9.17, 15) is 13.9 Å². The molecule has 0 unspecified atom stereocenters. The standard InChI is InChI=1S/C18H15ClF2N2OS/c19-16-2-1-3-17(21)15(16)11-25-18-22-14(10-24)9-23(18)8-12-4-6-13(20)7-5-12/h1-7,9,24H,8,10-11H2. The normalized spacial score (nSPS) is 11.0. The minimum atomic E-state index is -0.362. The number of hydrogen-bond donors (Lipinski definition) is 1. The topological polar surface area (TPSA) is 38.0 Å². The van der Waals surface area contributed by atoms with Gasteiger partial charge in [-0.15, -0.1) is 0 Å². The molecule has 25 heavy (non-hydrogen) atoms. The molecule has 7 heteroatoms. The zero-order chi connectivity index (χ0) is 17.8. The van der Waals surface area contributed by atoms with Crippen molar-refractivity contribution in [3.63, 3.8) is 0 Å². The molecule has 3 nitrogen and oxygen atoms in total. The predicted molar refractivity (Wildman–Crippen MR) is 94.6 cm³/mol. The van der Waals surface area contributed by atoms with Crippen LogP contribution in [0.15, 0.2) is 53.8 Å². The molecule has 3 aromatic rings. The zero-order valence-electron chi connectivity index (χ0n) is 13.1. The van der Waals surface area contributed by atoms with Crippen molar-refractivity contribution in [1.29, 1.82) is 0 Å². The van der Waals surface area contributed by atoms with Crippen LogP contribution in [0.2, 0.25) is 5.02 Å². The maximum atomic E-state index is 13.9. The van der Waals surface area contributed by atoms with Crippen LogP contribution in [-0.4, -0.2) is 14.7 Å². The smallest absolute Gasteiger partial charge is 0.168 e. The number of aliphatic hydroxyl groups excluding tert-OH is 1. The summed E-state index contributed by atoms with van der Waals surface area (Å²) in [4.78, 5) is 4.35. The quantitative estimate of drug-likeness (QED) is 0.633. The number of thioether (sulfide) groups is 1. The highest BCUT2D eigenvalue weighted by Gasteiger charge is 2.12. The van der Waals surface area contributed by atoms with Gasteiger partial charge in [-0.2, -0.15) is 0 Å². The van der Waals surface area contributed by atoms with Gasteiger partial charge in [0, 0.05) is 29.1 Å². The lowest BCUT2D eigenvalue weighted by molar-refractivity contribution is 0.277. The van der Waals surface area contributed by atoms with E-state index in [2.05, 4.69) is 4.98 Å². The Morgan fingerprint density at radius 1 is 1.12 bits per heavy atom. The van der Waals surface area contributed by atoms with Gasteiger partial charge in [0.05, 0.1) is 12.3 Å². The number of rotatable bonds is 6. The van der Waals surface area contributed by atoms with E-state index in [0.717, 1.165) is 5.56 Å². The number of hydrogen-bond acceptors (Lipinski definition) is 3. The summed E-state index contributed by atoms with van der Waals surface area (Å²) in [7, 11) is 0. The highest BCUT2D eigenvalue weighted by Crippen LogP contribution is 2.28. The van der Waals surface area contributed by atoms with Gasteiger partial charge in [0.25, 0.3) is 0 Å². The zero-order valence-corrected chi connectivity index (χ0v) is 14.7. The van der Waals surface area contributed by atoms with E-state index in [1.165, 1.54) is 30.0 Å². The lowest BCUT2D eigenvalue weighted by Gasteiger charge is -2.09. The fourth-order valence-electron chi connectivity index (χ4n) is 2.35. The first-order chi connectivity index (χ1) is 12.1. The molecular formula is C18H15ClF2N2OS. The molecule has 1 aromatic heterocycles. The molecule has 1 N–H and O–H groups in total. The molecule has 130 valence electrons. The molecule has 2 aromatic carbocycles. The molecule has 0 fully saturated rings. The van der Waals surface area contributed by atoms with E-state index in [1.54, 1.807) is 30.5 Å². The Bertz CT molecular complexity index is 848.